The molecule has 0 saturated heterocycles. The molecule has 0 saturated carbocycles. The lowest BCUT2D eigenvalue weighted by Crippen LogP contribution is -2.02. The Kier molecular flexibility index (Phi) is 7.77. The van der Waals surface area contributed by atoms with Gasteiger partial charge in [-0.05, 0) is 19.8 Å². The van der Waals surface area contributed by atoms with E-state index in [-0.39, 0.29) is 0 Å². The molecule has 0 aromatic rings. The van der Waals surface area contributed by atoms with Gasteiger partial charge in [-0.25, -0.2) is 5.90 Å². The van der Waals surface area contributed by atoms with E-state index >= 15 is 0 Å². The summed E-state index contributed by atoms with van der Waals surface area (Å²) < 4.78 is 5.08. The average molecular weight is 133 g/mol. The van der Waals surface area contributed by atoms with Crippen LogP contribution >= 0.6 is 0 Å². The van der Waals surface area contributed by atoms with Crippen LogP contribution in [0, 0.1) is 0 Å². The van der Waals surface area contributed by atoms with Gasteiger partial charge in [-0.1, -0.05) is 0 Å². The topological polar surface area (TPSA) is 44.5 Å². The maximum Gasteiger partial charge on any atom is 0.0680 e. The standard InChI is InChI=1S/C6H15NO2/c1-2-8-5-3-4-6-9-7/h2-7H2,1H3. The molecule has 0 fully saturated rings. The van der Waals surface area contributed by atoms with Gasteiger partial charge in [0.15, 0.2) is 0 Å². The van der Waals surface area contributed by atoms with Crippen LogP contribution in [0.4, 0.5) is 0 Å². The molecule has 0 aromatic carbocycles. The van der Waals surface area contributed by atoms with E-state index in [2.05, 4.69) is 4.84 Å². The van der Waals surface area contributed by atoms with Gasteiger partial charge in [0.25, 0.3) is 0 Å². The predicted molar refractivity (Wildman–Crippen MR) is 35.9 cm³/mol. The zero-order chi connectivity index (χ0) is 6.95. The first-order valence-electron chi connectivity index (χ1n) is 3.31. The second-order valence-electron chi connectivity index (χ2n) is 1.77. The minimum absolute atomic E-state index is 0.632. The highest BCUT2D eigenvalue weighted by Crippen LogP contribution is 1.88. The molecule has 0 rings (SSSR count). The number of nitrogens with two attached hydrogens (primary N) is 1. The summed E-state index contributed by atoms with van der Waals surface area (Å²) in [6.45, 7) is 4.23. The zero-order valence-corrected chi connectivity index (χ0v) is 5.93. The summed E-state index contributed by atoms with van der Waals surface area (Å²) in [6, 6.07) is 0. The molecule has 0 radical (unpaired) electrons. The van der Waals surface area contributed by atoms with E-state index in [1.807, 2.05) is 6.92 Å². The Balaban J connectivity index is 2.60. The highest BCUT2D eigenvalue weighted by Gasteiger charge is 1.85. The predicted octanol–water partition coefficient (Wildman–Crippen LogP) is 0.693. The normalized spacial score (nSPS) is 10.0. The van der Waals surface area contributed by atoms with Gasteiger partial charge < -0.3 is 9.57 Å². The molecular weight excluding hydrogens is 118 g/mol. The number of ether oxygens (including phenoxy) is 1. The molecule has 0 aliphatic rings. The second-order valence-corrected chi connectivity index (χ2v) is 1.77. The van der Waals surface area contributed by atoms with Crippen molar-refractivity contribution in [2.24, 2.45) is 5.90 Å². The van der Waals surface area contributed by atoms with Crippen molar-refractivity contribution in [1.29, 1.82) is 0 Å². The smallest absolute Gasteiger partial charge is 0.0680 e. The maximum atomic E-state index is 5.08. The van der Waals surface area contributed by atoms with Gasteiger partial charge in [-0.15, -0.1) is 0 Å². The Morgan fingerprint density at radius 2 is 1.89 bits per heavy atom. The minimum atomic E-state index is 0.632. The number of rotatable bonds is 6. The fourth-order valence-electron chi connectivity index (χ4n) is 0.534. The molecule has 0 bridgehead atoms. The fraction of sp³-hybridized carbons (Fsp3) is 1.00. The van der Waals surface area contributed by atoms with Crippen molar-refractivity contribution in [3.05, 3.63) is 0 Å². The molecule has 0 amide bonds. The molecule has 0 heterocycles. The van der Waals surface area contributed by atoms with Gasteiger partial charge in [0.05, 0.1) is 6.61 Å². The minimum Gasteiger partial charge on any atom is -0.382 e. The third-order valence-electron chi connectivity index (χ3n) is 1.00. The van der Waals surface area contributed by atoms with E-state index in [0.717, 1.165) is 26.1 Å². The van der Waals surface area contributed by atoms with Gasteiger partial charge in [-0.3, -0.25) is 0 Å². The summed E-state index contributed by atoms with van der Waals surface area (Å²) in [4.78, 5) is 4.37. The Labute approximate surface area is 56.1 Å². The summed E-state index contributed by atoms with van der Waals surface area (Å²) in [5.41, 5.74) is 0. The number of hydrogen-bond donors (Lipinski definition) is 1. The largest absolute Gasteiger partial charge is 0.382 e. The third kappa shape index (κ3) is 7.88. The fourth-order valence-corrected chi connectivity index (χ4v) is 0.534. The van der Waals surface area contributed by atoms with Crippen molar-refractivity contribution < 1.29 is 9.57 Å². The van der Waals surface area contributed by atoms with Crippen LogP contribution in [0.25, 0.3) is 0 Å². The van der Waals surface area contributed by atoms with Gasteiger partial charge in [-0.2, -0.15) is 0 Å². The Bertz CT molecular complexity index is 44.3. The molecule has 0 atom stereocenters. The van der Waals surface area contributed by atoms with Crippen molar-refractivity contribution >= 4 is 0 Å². The molecule has 2 N–H and O–H groups in total. The number of unbranched alkanes of at least 4 members (excludes halogenated alkanes) is 1. The van der Waals surface area contributed by atoms with Crippen LogP contribution in [-0.4, -0.2) is 19.8 Å². The molecule has 0 unspecified atom stereocenters. The van der Waals surface area contributed by atoms with Gasteiger partial charge in [0, 0.05) is 13.2 Å². The highest BCUT2D eigenvalue weighted by molar-refractivity contribution is 4.35. The summed E-state index contributed by atoms with van der Waals surface area (Å²) >= 11 is 0. The molecule has 56 valence electrons. The summed E-state index contributed by atoms with van der Waals surface area (Å²) in [6.07, 6.45) is 2.02. The molecule has 3 heteroatoms. The molecular formula is C6H15NO2. The van der Waals surface area contributed by atoms with E-state index in [1.165, 1.54) is 0 Å². The molecule has 0 aliphatic carbocycles. The van der Waals surface area contributed by atoms with E-state index < -0.39 is 0 Å². The Hall–Kier alpha value is -0.120. The quantitative estimate of drug-likeness (QED) is 0.428. The summed E-state index contributed by atoms with van der Waals surface area (Å²) in [7, 11) is 0. The molecule has 9 heavy (non-hydrogen) atoms. The van der Waals surface area contributed by atoms with Gasteiger partial charge in [0.2, 0.25) is 0 Å². The number of hydrogen-bond acceptors (Lipinski definition) is 3. The average Bonchev–Trinajstić information content (AvgIpc) is 1.89. The van der Waals surface area contributed by atoms with E-state index in [1.54, 1.807) is 0 Å². The monoisotopic (exact) mass is 133 g/mol. The first kappa shape index (κ1) is 8.88. The molecule has 0 aromatic heterocycles. The third-order valence-corrected chi connectivity index (χ3v) is 1.00. The van der Waals surface area contributed by atoms with Crippen LogP contribution in [0.5, 0.6) is 0 Å². The lowest BCUT2D eigenvalue weighted by atomic mass is 10.3. The van der Waals surface area contributed by atoms with Crippen LogP contribution in [0.2, 0.25) is 0 Å². The first-order valence-corrected chi connectivity index (χ1v) is 3.31. The lowest BCUT2D eigenvalue weighted by Gasteiger charge is -1.98. The zero-order valence-electron chi connectivity index (χ0n) is 5.93. The van der Waals surface area contributed by atoms with Crippen LogP contribution in [0.1, 0.15) is 19.8 Å². The second kappa shape index (κ2) is 7.88. The Morgan fingerprint density at radius 1 is 1.22 bits per heavy atom. The maximum absolute atomic E-state index is 5.08. The van der Waals surface area contributed by atoms with E-state index in [4.69, 9.17) is 10.6 Å². The summed E-state index contributed by atoms with van der Waals surface area (Å²) in [5, 5.41) is 0. The van der Waals surface area contributed by atoms with Crippen molar-refractivity contribution in [2.75, 3.05) is 19.8 Å². The highest BCUT2D eigenvalue weighted by atomic mass is 16.6. The van der Waals surface area contributed by atoms with Crippen LogP contribution < -0.4 is 5.90 Å². The molecule has 0 spiro atoms. The van der Waals surface area contributed by atoms with E-state index in [9.17, 15) is 0 Å². The van der Waals surface area contributed by atoms with Crippen molar-refractivity contribution in [2.45, 2.75) is 19.8 Å². The Morgan fingerprint density at radius 3 is 2.44 bits per heavy atom. The van der Waals surface area contributed by atoms with Crippen LogP contribution in [-0.2, 0) is 9.57 Å². The van der Waals surface area contributed by atoms with Gasteiger partial charge >= 0.3 is 0 Å². The van der Waals surface area contributed by atoms with Crippen molar-refractivity contribution in [1.82, 2.24) is 0 Å². The van der Waals surface area contributed by atoms with Crippen LogP contribution in [0.15, 0.2) is 0 Å². The first-order chi connectivity index (χ1) is 4.41. The van der Waals surface area contributed by atoms with Gasteiger partial charge in [0.1, 0.15) is 0 Å². The van der Waals surface area contributed by atoms with Crippen molar-refractivity contribution in [3.8, 4) is 0 Å². The van der Waals surface area contributed by atoms with E-state index in [0.29, 0.717) is 6.61 Å². The molecule has 3 nitrogen and oxygen atoms in total. The lowest BCUT2D eigenvalue weighted by molar-refractivity contribution is 0.109. The van der Waals surface area contributed by atoms with Crippen molar-refractivity contribution in [3.63, 3.8) is 0 Å². The molecule has 0 aliphatic heterocycles. The summed E-state index contributed by atoms with van der Waals surface area (Å²) in [5.74, 6) is 4.80. The SMILES string of the molecule is CCOCCCCON. The van der Waals surface area contributed by atoms with Crippen LogP contribution in [0.3, 0.4) is 0 Å².